The van der Waals surface area contributed by atoms with Crippen LogP contribution in [0.3, 0.4) is 0 Å². The predicted molar refractivity (Wildman–Crippen MR) is 107 cm³/mol. The zero-order chi connectivity index (χ0) is 19.8. The standard InChI is InChI=1S/C21H18ClN3O3/c1-12-7-13(2)20(17(8-12)14-3-4-14)28-21-19(25(26)27)6-5-18(24-21)15-9-16(22)11-23-10-15/h5-11,14H,3-4H2,1-2H3. The van der Waals surface area contributed by atoms with Crippen LogP contribution in [0.25, 0.3) is 11.3 Å². The maximum Gasteiger partial charge on any atom is 0.331 e. The summed E-state index contributed by atoms with van der Waals surface area (Å²) in [6.07, 6.45) is 5.33. The van der Waals surface area contributed by atoms with Crippen molar-refractivity contribution in [2.24, 2.45) is 0 Å². The molecule has 0 saturated heterocycles. The average Bonchev–Trinajstić information content (AvgIpc) is 3.48. The monoisotopic (exact) mass is 395 g/mol. The summed E-state index contributed by atoms with van der Waals surface area (Å²) >= 11 is 6.01. The third-order valence-electron chi connectivity index (χ3n) is 4.70. The summed E-state index contributed by atoms with van der Waals surface area (Å²) in [6, 6.07) is 8.79. The van der Waals surface area contributed by atoms with Crippen molar-refractivity contribution >= 4 is 17.3 Å². The van der Waals surface area contributed by atoms with Crippen molar-refractivity contribution in [3.05, 3.63) is 74.6 Å². The van der Waals surface area contributed by atoms with Gasteiger partial charge in [-0.1, -0.05) is 29.3 Å². The molecule has 0 bridgehead atoms. The van der Waals surface area contributed by atoms with E-state index in [9.17, 15) is 10.1 Å². The Morgan fingerprint density at radius 1 is 1.18 bits per heavy atom. The Morgan fingerprint density at radius 3 is 2.64 bits per heavy atom. The second kappa shape index (κ2) is 7.20. The minimum atomic E-state index is -0.483. The molecular weight excluding hydrogens is 378 g/mol. The summed E-state index contributed by atoms with van der Waals surface area (Å²) in [4.78, 5) is 19.5. The summed E-state index contributed by atoms with van der Waals surface area (Å²) in [6.45, 7) is 3.99. The predicted octanol–water partition coefficient (Wildman–Crippen LogP) is 5.99. The summed E-state index contributed by atoms with van der Waals surface area (Å²) in [7, 11) is 0. The van der Waals surface area contributed by atoms with Crippen molar-refractivity contribution < 1.29 is 9.66 Å². The number of aryl methyl sites for hydroxylation is 2. The highest BCUT2D eigenvalue weighted by atomic mass is 35.5. The van der Waals surface area contributed by atoms with E-state index < -0.39 is 4.92 Å². The Balaban J connectivity index is 1.81. The van der Waals surface area contributed by atoms with Gasteiger partial charge in [0.1, 0.15) is 5.75 Å². The lowest BCUT2D eigenvalue weighted by molar-refractivity contribution is -0.386. The van der Waals surface area contributed by atoms with Crippen LogP contribution in [0.4, 0.5) is 5.69 Å². The van der Waals surface area contributed by atoms with Gasteiger partial charge in [-0.15, -0.1) is 0 Å². The van der Waals surface area contributed by atoms with Crippen LogP contribution in [-0.2, 0) is 0 Å². The fraction of sp³-hybridized carbons (Fsp3) is 0.238. The largest absolute Gasteiger partial charge is 0.433 e. The van der Waals surface area contributed by atoms with Gasteiger partial charge in [0.2, 0.25) is 0 Å². The lowest BCUT2D eigenvalue weighted by Crippen LogP contribution is -2.01. The summed E-state index contributed by atoms with van der Waals surface area (Å²) in [5.74, 6) is 1.06. The first kappa shape index (κ1) is 18.4. The van der Waals surface area contributed by atoms with Gasteiger partial charge in [0.25, 0.3) is 5.88 Å². The molecule has 1 aliphatic rings. The van der Waals surface area contributed by atoms with E-state index in [1.165, 1.54) is 12.3 Å². The van der Waals surface area contributed by atoms with Crippen molar-refractivity contribution in [1.29, 1.82) is 0 Å². The van der Waals surface area contributed by atoms with E-state index in [4.69, 9.17) is 16.3 Å². The van der Waals surface area contributed by atoms with Crippen LogP contribution in [0.15, 0.2) is 42.7 Å². The molecule has 0 N–H and O–H groups in total. The van der Waals surface area contributed by atoms with Crippen LogP contribution in [0.5, 0.6) is 11.6 Å². The van der Waals surface area contributed by atoms with Gasteiger partial charge in [-0.25, -0.2) is 4.98 Å². The number of aromatic nitrogens is 2. The summed E-state index contributed by atoms with van der Waals surface area (Å²) < 4.78 is 6.08. The molecule has 6 nitrogen and oxygen atoms in total. The van der Waals surface area contributed by atoms with Gasteiger partial charge in [-0.05, 0) is 55.9 Å². The van der Waals surface area contributed by atoms with E-state index in [0.29, 0.717) is 27.9 Å². The molecule has 4 rings (SSSR count). The number of nitro groups is 1. The van der Waals surface area contributed by atoms with Crippen LogP contribution in [0.1, 0.15) is 35.4 Å². The maximum atomic E-state index is 11.5. The third kappa shape index (κ3) is 3.68. The fourth-order valence-corrected chi connectivity index (χ4v) is 3.45. The fourth-order valence-electron chi connectivity index (χ4n) is 3.28. The molecule has 2 aromatic heterocycles. The molecule has 142 valence electrons. The highest BCUT2D eigenvalue weighted by Crippen LogP contribution is 2.47. The molecule has 28 heavy (non-hydrogen) atoms. The SMILES string of the molecule is Cc1cc(C)c(Oc2nc(-c3cncc(Cl)c3)ccc2[N+](=O)[O-])c(C2CC2)c1. The third-order valence-corrected chi connectivity index (χ3v) is 4.91. The number of hydrogen-bond acceptors (Lipinski definition) is 5. The summed E-state index contributed by atoms with van der Waals surface area (Å²) in [5.41, 5.74) is 4.16. The smallest absolute Gasteiger partial charge is 0.331 e. The second-order valence-electron chi connectivity index (χ2n) is 7.05. The van der Waals surface area contributed by atoms with Gasteiger partial charge in [-0.2, -0.15) is 0 Å². The molecule has 3 aromatic rings. The van der Waals surface area contributed by atoms with Gasteiger partial charge in [0.15, 0.2) is 0 Å². The summed E-state index contributed by atoms with van der Waals surface area (Å²) in [5, 5.41) is 12.0. The lowest BCUT2D eigenvalue weighted by atomic mass is 10.0. The quantitative estimate of drug-likeness (QED) is 0.391. The molecular formula is C21H18ClN3O3. The first-order valence-electron chi connectivity index (χ1n) is 8.97. The zero-order valence-corrected chi connectivity index (χ0v) is 16.2. The molecule has 2 heterocycles. The van der Waals surface area contributed by atoms with Crippen molar-refractivity contribution in [2.45, 2.75) is 32.6 Å². The molecule has 0 aliphatic heterocycles. The highest BCUT2D eigenvalue weighted by Gasteiger charge is 2.29. The molecule has 0 atom stereocenters. The normalized spacial score (nSPS) is 13.4. The topological polar surface area (TPSA) is 78.2 Å². The Labute approximate surface area is 167 Å². The number of benzene rings is 1. The van der Waals surface area contributed by atoms with Gasteiger partial charge >= 0.3 is 5.69 Å². The number of rotatable bonds is 5. The molecule has 0 amide bonds. The van der Waals surface area contributed by atoms with Gasteiger partial charge < -0.3 is 4.74 Å². The van der Waals surface area contributed by atoms with E-state index in [1.54, 1.807) is 18.3 Å². The number of nitrogens with zero attached hydrogens (tertiary/aromatic N) is 3. The Bertz CT molecular complexity index is 1080. The van der Waals surface area contributed by atoms with E-state index in [-0.39, 0.29) is 11.6 Å². The van der Waals surface area contributed by atoms with E-state index in [2.05, 4.69) is 16.0 Å². The Kier molecular flexibility index (Phi) is 4.73. The minimum Gasteiger partial charge on any atom is -0.433 e. The van der Waals surface area contributed by atoms with E-state index >= 15 is 0 Å². The molecule has 1 aromatic carbocycles. The van der Waals surface area contributed by atoms with E-state index in [0.717, 1.165) is 29.5 Å². The Hall–Kier alpha value is -2.99. The average molecular weight is 396 g/mol. The van der Waals surface area contributed by atoms with Crippen LogP contribution in [0, 0.1) is 24.0 Å². The molecule has 1 aliphatic carbocycles. The van der Waals surface area contributed by atoms with Crippen molar-refractivity contribution in [3.63, 3.8) is 0 Å². The first-order chi connectivity index (χ1) is 13.4. The zero-order valence-electron chi connectivity index (χ0n) is 15.5. The Morgan fingerprint density at radius 2 is 1.96 bits per heavy atom. The van der Waals surface area contributed by atoms with Crippen LogP contribution >= 0.6 is 11.6 Å². The number of ether oxygens (including phenoxy) is 1. The van der Waals surface area contributed by atoms with Crippen LogP contribution in [-0.4, -0.2) is 14.9 Å². The number of pyridine rings is 2. The lowest BCUT2D eigenvalue weighted by Gasteiger charge is -2.15. The van der Waals surface area contributed by atoms with Crippen molar-refractivity contribution in [3.8, 4) is 22.9 Å². The van der Waals surface area contributed by atoms with Gasteiger partial charge in [0.05, 0.1) is 15.6 Å². The molecule has 1 saturated carbocycles. The first-order valence-corrected chi connectivity index (χ1v) is 9.35. The highest BCUT2D eigenvalue weighted by molar-refractivity contribution is 6.30. The maximum absolute atomic E-state index is 11.5. The molecule has 1 fully saturated rings. The van der Waals surface area contributed by atoms with Crippen LogP contribution < -0.4 is 4.74 Å². The van der Waals surface area contributed by atoms with Crippen LogP contribution in [0.2, 0.25) is 5.02 Å². The molecule has 0 unspecified atom stereocenters. The van der Waals surface area contributed by atoms with Gasteiger partial charge in [-0.3, -0.25) is 15.1 Å². The number of halogens is 1. The van der Waals surface area contributed by atoms with E-state index in [1.807, 2.05) is 19.9 Å². The molecule has 7 heteroatoms. The number of hydrogen-bond donors (Lipinski definition) is 0. The van der Waals surface area contributed by atoms with Crippen molar-refractivity contribution in [2.75, 3.05) is 0 Å². The van der Waals surface area contributed by atoms with Crippen molar-refractivity contribution in [1.82, 2.24) is 9.97 Å². The minimum absolute atomic E-state index is 0.0312. The molecule has 0 radical (unpaired) electrons. The van der Waals surface area contributed by atoms with Gasteiger partial charge in [0, 0.05) is 24.0 Å². The second-order valence-corrected chi connectivity index (χ2v) is 7.48. The molecule has 0 spiro atoms.